The van der Waals surface area contributed by atoms with E-state index < -0.39 is 0 Å². The second-order valence-corrected chi connectivity index (χ2v) is 10.1. The van der Waals surface area contributed by atoms with Crippen LogP contribution in [0.25, 0.3) is 0 Å². The minimum absolute atomic E-state index is 0.0450. The van der Waals surface area contributed by atoms with Crippen molar-refractivity contribution >= 4 is 11.6 Å². The van der Waals surface area contributed by atoms with Crippen molar-refractivity contribution < 1.29 is 4.79 Å². The first-order valence-corrected chi connectivity index (χ1v) is 11.0. The Morgan fingerprint density at radius 2 is 1.63 bits per heavy atom. The Kier molecular flexibility index (Phi) is 6.99. The van der Waals surface area contributed by atoms with Gasteiger partial charge in [0.2, 0.25) is 0 Å². The summed E-state index contributed by atoms with van der Waals surface area (Å²) in [5, 5.41) is 3.09. The van der Waals surface area contributed by atoms with E-state index in [1.165, 1.54) is 22.3 Å². The minimum atomic E-state index is -0.0450. The molecule has 1 N–H and O–H groups in total. The van der Waals surface area contributed by atoms with Crippen LogP contribution in [0.2, 0.25) is 0 Å². The molecule has 4 nitrogen and oxygen atoms in total. The molecule has 2 aromatic rings. The molecule has 0 unspecified atom stereocenters. The zero-order valence-electron chi connectivity index (χ0n) is 19.5. The highest BCUT2D eigenvalue weighted by Crippen LogP contribution is 2.24. The van der Waals surface area contributed by atoms with Gasteiger partial charge in [0.25, 0.3) is 5.91 Å². The van der Waals surface area contributed by atoms with E-state index in [1.54, 1.807) is 0 Å². The number of benzene rings is 2. The zero-order valence-corrected chi connectivity index (χ0v) is 19.5. The van der Waals surface area contributed by atoms with Crippen LogP contribution in [-0.2, 0) is 13.0 Å². The predicted octanol–water partition coefficient (Wildman–Crippen LogP) is 4.89. The van der Waals surface area contributed by atoms with Crippen molar-refractivity contribution in [2.75, 3.05) is 38.5 Å². The van der Waals surface area contributed by atoms with Gasteiger partial charge in [0.15, 0.2) is 0 Å². The topological polar surface area (TPSA) is 35.6 Å². The van der Waals surface area contributed by atoms with Crippen LogP contribution in [0.3, 0.4) is 0 Å². The Labute approximate surface area is 182 Å². The van der Waals surface area contributed by atoms with Crippen LogP contribution in [0, 0.1) is 19.3 Å². The van der Waals surface area contributed by atoms with Crippen LogP contribution < -0.4 is 5.32 Å². The molecule has 0 aliphatic carbocycles. The molecular weight excluding hydrogens is 370 g/mol. The molecule has 1 fully saturated rings. The Morgan fingerprint density at radius 1 is 0.933 bits per heavy atom. The fourth-order valence-corrected chi connectivity index (χ4v) is 3.98. The van der Waals surface area contributed by atoms with E-state index in [1.807, 2.05) is 18.2 Å². The largest absolute Gasteiger partial charge is 0.322 e. The lowest BCUT2D eigenvalue weighted by Crippen LogP contribution is -2.43. The number of likely N-dealkylation sites (N-methyl/N-ethyl adjacent to an activating group) is 1. The van der Waals surface area contributed by atoms with Gasteiger partial charge in [0, 0.05) is 44.0 Å². The first-order chi connectivity index (χ1) is 14.1. The summed E-state index contributed by atoms with van der Waals surface area (Å²) < 4.78 is 0. The van der Waals surface area contributed by atoms with Crippen LogP contribution >= 0.6 is 0 Å². The van der Waals surface area contributed by atoms with Crippen molar-refractivity contribution in [2.45, 2.75) is 47.6 Å². The summed E-state index contributed by atoms with van der Waals surface area (Å²) in [6, 6.07) is 12.3. The van der Waals surface area contributed by atoms with E-state index in [9.17, 15) is 4.79 Å². The second kappa shape index (κ2) is 9.32. The molecule has 0 radical (unpaired) electrons. The van der Waals surface area contributed by atoms with E-state index in [0.717, 1.165) is 50.4 Å². The number of hydrogen-bond acceptors (Lipinski definition) is 3. The van der Waals surface area contributed by atoms with Crippen LogP contribution in [0.4, 0.5) is 5.69 Å². The van der Waals surface area contributed by atoms with E-state index in [0.29, 0.717) is 0 Å². The molecule has 3 rings (SSSR count). The fraction of sp³-hybridized carbons (Fsp3) is 0.500. The predicted molar refractivity (Wildman–Crippen MR) is 126 cm³/mol. The third-order valence-electron chi connectivity index (χ3n) is 5.92. The normalized spacial score (nSPS) is 15.9. The van der Waals surface area contributed by atoms with Crippen molar-refractivity contribution in [3.63, 3.8) is 0 Å². The molecule has 30 heavy (non-hydrogen) atoms. The molecule has 1 heterocycles. The van der Waals surface area contributed by atoms with Gasteiger partial charge in [-0.1, -0.05) is 32.9 Å². The third-order valence-corrected chi connectivity index (χ3v) is 5.92. The molecule has 0 saturated carbocycles. The smallest absolute Gasteiger partial charge is 0.255 e. The van der Waals surface area contributed by atoms with Gasteiger partial charge in [0.05, 0.1) is 0 Å². The number of rotatable bonds is 5. The molecule has 0 spiro atoms. The number of carbonyl (C=O) groups is 1. The summed E-state index contributed by atoms with van der Waals surface area (Å²) in [5.74, 6) is -0.0450. The summed E-state index contributed by atoms with van der Waals surface area (Å²) >= 11 is 0. The van der Waals surface area contributed by atoms with Crippen LogP contribution in [0.1, 0.15) is 53.4 Å². The maximum atomic E-state index is 12.9. The van der Waals surface area contributed by atoms with Crippen molar-refractivity contribution in [1.82, 2.24) is 9.80 Å². The van der Waals surface area contributed by atoms with Gasteiger partial charge in [-0.05, 0) is 79.3 Å². The molecule has 1 aliphatic rings. The number of hydrogen-bond donors (Lipinski definition) is 1. The lowest BCUT2D eigenvalue weighted by molar-refractivity contribution is 0.102. The van der Waals surface area contributed by atoms with Gasteiger partial charge >= 0.3 is 0 Å². The quantitative estimate of drug-likeness (QED) is 0.766. The van der Waals surface area contributed by atoms with Gasteiger partial charge in [-0.2, -0.15) is 0 Å². The number of anilines is 1. The van der Waals surface area contributed by atoms with E-state index in [4.69, 9.17) is 0 Å². The number of carbonyl (C=O) groups excluding carboxylic acids is 1. The molecule has 162 valence electrons. The SMILES string of the molecule is Cc1cc(NC(=O)c2ccc(C)c(CC(C)(C)C)c2)ccc1CN1CCN(C)CC1. The number of piperazine rings is 1. The van der Waals surface area contributed by atoms with E-state index in [2.05, 4.69) is 75.0 Å². The standard InChI is InChI=1S/C26H37N3O/c1-19-7-8-21(16-23(19)17-26(3,4)5)25(30)27-24-10-9-22(20(2)15-24)18-29-13-11-28(6)12-14-29/h7-10,15-16H,11-14,17-18H2,1-6H3,(H,27,30). The van der Waals surface area contributed by atoms with Gasteiger partial charge in [-0.25, -0.2) is 0 Å². The molecule has 1 amide bonds. The molecular formula is C26H37N3O. The lowest BCUT2D eigenvalue weighted by Gasteiger charge is -2.32. The van der Waals surface area contributed by atoms with Crippen LogP contribution in [0.15, 0.2) is 36.4 Å². The number of nitrogens with one attached hydrogen (secondary N) is 1. The Balaban J connectivity index is 1.67. The summed E-state index contributed by atoms with van der Waals surface area (Å²) in [4.78, 5) is 17.7. The highest BCUT2D eigenvalue weighted by molar-refractivity contribution is 6.04. The first kappa shape index (κ1) is 22.5. The van der Waals surface area contributed by atoms with Crippen molar-refractivity contribution in [2.24, 2.45) is 5.41 Å². The van der Waals surface area contributed by atoms with Crippen LogP contribution in [-0.4, -0.2) is 48.9 Å². The number of nitrogens with zero attached hydrogens (tertiary/aromatic N) is 2. The zero-order chi connectivity index (χ0) is 21.9. The average molecular weight is 408 g/mol. The van der Waals surface area contributed by atoms with Gasteiger partial charge < -0.3 is 10.2 Å². The summed E-state index contributed by atoms with van der Waals surface area (Å²) in [7, 11) is 2.18. The van der Waals surface area contributed by atoms with Gasteiger partial charge in [0.1, 0.15) is 0 Å². The van der Waals surface area contributed by atoms with Crippen LogP contribution in [0.5, 0.6) is 0 Å². The second-order valence-electron chi connectivity index (χ2n) is 10.1. The summed E-state index contributed by atoms with van der Waals surface area (Å²) in [6.07, 6.45) is 0.958. The fourth-order valence-electron chi connectivity index (χ4n) is 3.98. The molecule has 1 aliphatic heterocycles. The summed E-state index contributed by atoms with van der Waals surface area (Å²) in [6.45, 7) is 16.4. The maximum absolute atomic E-state index is 12.9. The first-order valence-electron chi connectivity index (χ1n) is 11.0. The summed E-state index contributed by atoms with van der Waals surface area (Å²) in [5.41, 5.74) is 6.82. The highest BCUT2D eigenvalue weighted by atomic mass is 16.1. The maximum Gasteiger partial charge on any atom is 0.255 e. The van der Waals surface area contributed by atoms with Crippen molar-refractivity contribution in [3.8, 4) is 0 Å². The van der Waals surface area contributed by atoms with Crippen molar-refractivity contribution in [3.05, 3.63) is 64.2 Å². The molecule has 0 bridgehead atoms. The molecule has 1 saturated heterocycles. The Bertz CT molecular complexity index is 890. The average Bonchev–Trinajstić information content (AvgIpc) is 2.66. The van der Waals surface area contributed by atoms with Gasteiger partial charge in [-0.15, -0.1) is 0 Å². The number of amides is 1. The van der Waals surface area contributed by atoms with E-state index >= 15 is 0 Å². The Morgan fingerprint density at radius 3 is 2.27 bits per heavy atom. The Hall–Kier alpha value is -2.17. The molecule has 2 aromatic carbocycles. The monoisotopic (exact) mass is 407 g/mol. The highest BCUT2D eigenvalue weighted by Gasteiger charge is 2.17. The molecule has 0 aromatic heterocycles. The molecule has 4 heteroatoms. The van der Waals surface area contributed by atoms with Crippen molar-refractivity contribution in [1.29, 1.82) is 0 Å². The molecule has 0 atom stereocenters. The van der Waals surface area contributed by atoms with E-state index in [-0.39, 0.29) is 11.3 Å². The minimum Gasteiger partial charge on any atom is -0.322 e. The number of aryl methyl sites for hydroxylation is 2. The van der Waals surface area contributed by atoms with Gasteiger partial charge in [-0.3, -0.25) is 9.69 Å². The third kappa shape index (κ3) is 6.16. The lowest BCUT2D eigenvalue weighted by atomic mass is 9.86.